The first-order valence-corrected chi connectivity index (χ1v) is 12.2. The van der Waals surface area contributed by atoms with Gasteiger partial charge in [0.2, 0.25) is 5.13 Å². The lowest BCUT2D eigenvalue weighted by Gasteiger charge is -2.14. The summed E-state index contributed by atoms with van der Waals surface area (Å²) in [6.07, 6.45) is 1.76. The third kappa shape index (κ3) is 4.34. The Balaban J connectivity index is 1.49. The number of furan rings is 1. The number of nitrogens with zero attached hydrogens (tertiary/aromatic N) is 3. The number of hydrogen-bond acceptors (Lipinski definition) is 6. The van der Waals surface area contributed by atoms with Gasteiger partial charge in [-0.2, -0.15) is 4.99 Å². The third-order valence-electron chi connectivity index (χ3n) is 4.65. The van der Waals surface area contributed by atoms with Gasteiger partial charge in [-0.1, -0.05) is 46.3 Å². The van der Waals surface area contributed by atoms with Crippen molar-refractivity contribution in [2.45, 2.75) is 6.92 Å². The Kier molecular flexibility index (Phi) is 5.82. The fourth-order valence-electron chi connectivity index (χ4n) is 3.16. The van der Waals surface area contributed by atoms with E-state index in [1.54, 1.807) is 11.0 Å². The minimum Gasteiger partial charge on any atom is -0.457 e. The van der Waals surface area contributed by atoms with Crippen molar-refractivity contribution >= 4 is 67.0 Å². The van der Waals surface area contributed by atoms with E-state index in [0.29, 0.717) is 21.0 Å². The van der Waals surface area contributed by atoms with Gasteiger partial charge in [0, 0.05) is 21.5 Å². The topological polar surface area (TPSA) is 58.7 Å². The molecule has 1 aliphatic rings. The van der Waals surface area contributed by atoms with Gasteiger partial charge in [-0.05, 0) is 55.1 Å². The number of amides is 1. The van der Waals surface area contributed by atoms with Gasteiger partial charge in [0.05, 0.1) is 16.3 Å². The Morgan fingerprint density at radius 3 is 2.56 bits per heavy atom. The molecular weight excluding hydrogens is 506 g/mol. The summed E-state index contributed by atoms with van der Waals surface area (Å²) in [5.41, 5.74) is 2.63. The van der Waals surface area contributed by atoms with Crippen LogP contribution in [-0.4, -0.2) is 16.1 Å². The Hall–Kier alpha value is -2.94. The Morgan fingerprint density at radius 1 is 1.06 bits per heavy atom. The first-order chi connectivity index (χ1) is 15.6. The van der Waals surface area contributed by atoms with Gasteiger partial charge in [-0.15, -0.1) is 11.3 Å². The summed E-state index contributed by atoms with van der Waals surface area (Å²) in [7, 11) is 0. The fraction of sp³-hybridized carbons (Fsp3) is 0.0417. The minimum atomic E-state index is -0.144. The molecule has 0 radical (unpaired) electrons. The van der Waals surface area contributed by atoms with Gasteiger partial charge in [-0.25, -0.2) is 4.98 Å². The standard InChI is InChI=1S/C24H16BrN3O2S2/c1-15-14-31-23(26-15)27-24-28(18-5-3-2-4-6-18)22(29)21(32-24)13-19-11-12-20(30-19)16-7-9-17(25)10-8-16/h2-14H,1H3/b21-13+,27-24+. The molecule has 5 nitrogen and oxygen atoms in total. The maximum Gasteiger partial charge on any atom is 0.271 e. The largest absolute Gasteiger partial charge is 0.457 e. The van der Waals surface area contributed by atoms with Crippen molar-refractivity contribution in [3.63, 3.8) is 0 Å². The molecule has 0 aliphatic carbocycles. The molecule has 0 atom stereocenters. The number of thiazole rings is 1. The molecule has 2 aromatic carbocycles. The highest BCUT2D eigenvalue weighted by atomic mass is 79.9. The van der Waals surface area contributed by atoms with Crippen molar-refractivity contribution in [1.82, 2.24) is 4.98 Å². The molecule has 32 heavy (non-hydrogen) atoms. The number of carbonyl (C=O) groups is 1. The molecule has 1 aliphatic heterocycles. The molecule has 0 saturated carbocycles. The lowest BCUT2D eigenvalue weighted by molar-refractivity contribution is -0.113. The smallest absolute Gasteiger partial charge is 0.271 e. The zero-order chi connectivity index (χ0) is 22.1. The van der Waals surface area contributed by atoms with Crippen LogP contribution in [0.15, 0.2) is 90.9 Å². The number of amidine groups is 1. The average molecular weight is 522 g/mol. The molecule has 158 valence electrons. The summed E-state index contributed by atoms with van der Waals surface area (Å²) < 4.78 is 7.00. The van der Waals surface area contributed by atoms with Gasteiger partial charge in [0.1, 0.15) is 11.5 Å². The number of thioether (sulfide) groups is 1. The van der Waals surface area contributed by atoms with Crippen LogP contribution < -0.4 is 4.90 Å². The minimum absolute atomic E-state index is 0.144. The van der Waals surface area contributed by atoms with Crippen molar-refractivity contribution in [2.24, 2.45) is 4.99 Å². The number of hydrogen-bond donors (Lipinski definition) is 0. The lowest BCUT2D eigenvalue weighted by Crippen LogP contribution is -2.28. The van der Waals surface area contributed by atoms with Crippen molar-refractivity contribution < 1.29 is 9.21 Å². The molecule has 3 heterocycles. The molecule has 0 N–H and O–H groups in total. The molecule has 1 saturated heterocycles. The number of carbonyl (C=O) groups excluding carboxylic acids is 1. The van der Waals surface area contributed by atoms with Crippen molar-refractivity contribution in [2.75, 3.05) is 4.90 Å². The summed E-state index contributed by atoms with van der Waals surface area (Å²) in [6.45, 7) is 1.92. The number of benzene rings is 2. The summed E-state index contributed by atoms with van der Waals surface area (Å²) in [6, 6.07) is 21.2. The normalized spacial score (nSPS) is 16.4. The van der Waals surface area contributed by atoms with Crippen molar-refractivity contribution in [3.05, 3.63) is 92.9 Å². The highest BCUT2D eigenvalue weighted by molar-refractivity contribution is 9.10. The predicted molar refractivity (Wildman–Crippen MR) is 135 cm³/mol. The van der Waals surface area contributed by atoms with Crippen LogP contribution >= 0.6 is 39.0 Å². The second kappa shape index (κ2) is 8.90. The van der Waals surface area contributed by atoms with Crippen molar-refractivity contribution in [1.29, 1.82) is 0 Å². The van der Waals surface area contributed by atoms with E-state index >= 15 is 0 Å². The first kappa shape index (κ1) is 20.9. The Bertz CT molecular complexity index is 1340. The quantitative estimate of drug-likeness (QED) is 0.264. The number of para-hydroxylation sites is 1. The maximum absolute atomic E-state index is 13.3. The molecule has 2 aromatic heterocycles. The summed E-state index contributed by atoms with van der Waals surface area (Å²) in [5.74, 6) is 1.21. The van der Waals surface area contributed by atoms with E-state index in [2.05, 4.69) is 25.9 Å². The predicted octanol–water partition coefficient (Wildman–Crippen LogP) is 7.28. The SMILES string of the molecule is Cc1csc(/N=C2/S/C(=C/c3ccc(-c4ccc(Br)cc4)o3)C(=O)N2c2ccccc2)n1. The molecule has 0 unspecified atom stereocenters. The first-order valence-electron chi connectivity index (χ1n) is 9.72. The summed E-state index contributed by atoms with van der Waals surface area (Å²) in [5, 5.41) is 3.13. The number of rotatable bonds is 4. The number of anilines is 1. The molecule has 5 rings (SSSR count). The molecule has 1 fully saturated rings. The zero-order valence-corrected chi connectivity index (χ0v) is 20.1. The highest BCUT2D eigenvalue weighted by Gasteiger charge is 2.35. The molecular formula is C24H16BrN3O2S2. The van der Waals surface area contributed by atoms with Crippen LogP contribution in [0, 0.1) is 6.92 Å². The highest BCUT2D eigenvalue weighted by Crippen LogP contribution is 2.38. The molecule has 1 amide bonds. The molecule has 0 spiro atoms. The Labute approximate surface area is 201 Å². The second-order valence-corrected chi connectivity index (χ2v) is 9.72. The van der Waals surface area contributed by atoms with Gasteiger partial charge in [0.15, 0.2) is 5.17 Å². The fourth-order valence-corrected chi connectivity index (χ4v) is 5.11. The third-order valence-corrected chi connectivity index (χ3v) is 7.00. The number of aromatic nitrogens is 1. The van der Waals surface area contributed by atoms with Gasteiger partial charge in [-0.3, -0.25) is 9.69 Å². The van der Waals surface area contributed by atoms with Crippen LogP contribution in [0.5, 0.6) is 0 Å². The van der Waals surface area contributed by atoms with Crippen LogP contribution in [-0.2, 0) is 4.79 Å². The lowest BCUT2D eigenvalue weighted by atomic mass is 10.2. The van der Waals surface area contributed by atoms with E-state index in [0.717, 1.165) is 27.2 Å². The van der Waals surface area contributed by atoms with E-state index < -0.39 is 0 Å². The van der Waals surface area contributed by atoms with E-state index in [1.807, 2.05) is 79.0 Å². The van der Waals surface area contributed by atoms with Crippen LogP contribution in [0.3, 0.4) is 0 Å². The zero-order valence-electron chi connectivity index (χ0n) is 16.9. The molecule has 8 heteroatoms. The summed E-state index contributed by atoms with van der Waals surface area (Å²) in [4.78, 5) is 24.6. The summed E-state index contributed by atoms with van der Waals surface area (Å²) >= 11 is 6.21. The van der Waals surface area contributed by atoms with E-state index in [1.165, 1.54) is 23.1 Å². The van der Waals surface area contributed by atoms with Crippen LogP contribution in [0.2, 0.25) is 0 Å². The molecule has 0 bridgehead atoms. The van der Waals surface area contributed by atoms with Crippen LogP contribution in [0.25, 0.3) is 17.4 Å². The second-order valence-electron chi connectivity index (χ2n) is 6.96. The van der Waals surface area contributed by atoms with Crippen LogP contribution in [0.1, 0.15) is 11.5 Å². The van der Waals surface area contributed by atoms with E-state index in [4.69, 9.17) is 4.42 Å². The average Bonchev–Trinajstić information content (AvgIpc) is 3.50. The monoisotopic (exact) mass is 521 g/mol. The maximum atomic E-state index is 13.3. The Morgan fingerprint density at radius 2 is 1.84 bits per heavy atom. The van der Waals surface area contributed by atoms with Crippen LogP contribution in [0.4, 0.5) is 10.8 Å². The van der Waals surface area contributed by atoms with Crippen molar-refractivity contribution in [3.8, 4) is 11.3 Å². The van der Waals surface area contributed by atoms with Gasteiger partial charge in [0.25, 0.3) is 5.91 Å². The number of halogens is 1. The number of aliphatic imine (C=N–C) groups is 1. The van der Waals surface area contributed by atoms with E-state index in [9.17, 15) is 4.79 Å². The van der Waals surface area contributed by atoms with Gasteiger partial charge < -0.3 is 4.42 Å². The number of aryl methyl sites for hydroxylation is 1. The molecule has 4 aromatic rings. The van der Waals surface area contributed by atoms with Gasteiger partial charge >= 0.3 is 0 Å². The van der Waals surface area contributed by atoms with E-state index in [-0.39, 0.29) is 5.91 Å².